The third kappa shape index (κ3) is 5.24. The Morgan fingerprint density at radius 2 is 2.05 bits per heavy atom. The summed E-state index contributed by atoms with van der Waals surface area (Å²) >= 11 is 4.80. The summed E-state index contributed by atoms with van der Waals surface area (Å²) < 4.78 is 2.37. The summed E-state index contributed by atoms with van der Waals surface area (Å²) in [5.74, 6) is -0.328. The Hall–Kier alpha value is -1.80. The molecule has 0 aliphatic rings. The number of amides is 2. The number of halogens is 1. The van der Waals surface area contributed by atoms with Crippen LogP contribution in [0.5, 0.6) is 0 Å². The average molecular weight is 369 g/mol. The average Bonchev–Trinajstić information content (AvgIpc) is 2.84. The molecule has 0 radical (unpaired) electrons. The highest BCUT2D eigenvalue weighted by molar-refractivity contribution is 9.10. The molecule has 110 valence electrons. The molecular formula is C13H13BrN4O2S. The Kier molecular flexibility index (Phi) is 5.40. The molecule has 0 aliphatic heterocycles. The molecule has 6 nitrogen and oxygen atoms in total. The molecule has 0 saturated carbocycles. The minimum absolute atomic E-state index is 0.0104. The van der Waals surface area contributed by atoms with Crippen LogP contribution in [0.3, 0.4) is 0 Å². The number of nitrogens with one attached hydrogen (secondary N) is 1. The van der Waals surface area contributed by atoms with Gasteiger partial charge in [-0.3, -0.25) is 14.3 Å². The highest BCUT2D eigenvalue weighted by Crippen LogP contribution is 2.20. The number of hydrogen-bond acceptors (Lipinski definition) is 4. The maximum absolute atomic E-state index is 11.8. The fraction of sp³-hybridized carbons (Fsp3) is 0.154. The van der Waals surface area contributed by atoms with Crippen LogP contribution in [0, 0.1) is 0 Å². The van der Waals surface area contributed by atoms with Crippen LogP contribution < -0.4 is 11.1 Å². The maximum atomic E-state index is 11.8. The van der Waals surface area contributed by atoms with E-state index in [2.05, 4.69) is 26.3 Å². The second-order valence-corrected chi connectivity index (χ2v) is 6.15. The zero-order valence-corrected chi connectivity index (χ0v) is 13.4. The van der Waals surface area contributed by atoms with Crippen LogP contribution in [0.1, 0.15) is 0 Å². The number of aromatic nitrogens is 2. The van der Waals surface area contributed by atoms with Gasteiger partial charge in [-0.15, -0.1) is 11.8 Å². The quantitative estimate of drug-likeness (QED) is 0.761. The van der Waals surface area contributed by atoms with Gasteiger partial charge in [0.15, 0.2) is 0 Å². The van der Waals surface area contributed by atoms with E-state index in [1.165, 1.54) is 22.6 Å². The summed E-state index contributed by atoms with van der Waals surface area (Å²) in [6.45, 7) is -0.0104. The lowest BCUT2D eigenvalue weighted by Gasteiger charge is -2.03. The van der Waals surface area contributed by atoms with E-state index in [-0.39, 0.29) is 12.5 Å². The fourth-order valence-corrected chi connectivity index (χ4v) is 2.51. The van der Waals surface area contributed by atoms with Crippen LogP contribution in [0.2, 0.25) is 0 Å². The molecule has 0 spiro atoms. The summed E-state index contributed by atoms with van der Waals surface area (Å²) in [5.41, 5.74) is 5.60. The lowest BCUT2D eigenvalue weighted by molar-refractivity contribution is -0.118. The molecule has 2 aromatic rings. The van der Waals surface area contributed by atoms with Gasteiger partial charge in [-0.2, -0.15) is 5.10 Å². The van der Waals surface area contributed by atoms with Crippen molar-refractivity contribution >= 4 is 45.2 Å². The van der Waals surface area contributed by atoms with E-state index in [9.17, 15) is 9.59 Å². The number of rotatable bonds is 6. The molecule has 0 atom stereocenters. The minimum Gasteiger partial charge on any atom is -0.368 e. The first kappa shape index (κ1) is 15.6. The Labute approximate surface area is 134 Å². The number of carbonyl (C=O) groups excluding carboxylic acids is 2. The Bertz CT molecular complexity index is 642. The highest BCUT2D eigenvalue weighted by Gasteiger charge is 2.06. The molecule has 2 rings (SSSR count). The number of primary amides is 1. The predicted molar refractivity (Wildman–Crippen MR) is 84.9 cm³/mol. The van der Waals surface area contributed by atoms with Crippen LogP contribution in [-0.4, -0.2) is 27.3 Å². The van der Waals surface area contributed by atoms with Crippen molar-refractivity contribution in [1.29, 1.82) is 0 Å². The van der Waals surface area contributed by atoms with E-state index in [0.717, 1.165) is 9.37 Å². The first-order valence-corrected chi connectivity index (χ1v) is 7.80. The van der Waals surface area contributed by atoms with Crippen molar-refractivity contribution < 1.29 is 9.59 Å². The Balaban J connectivity index is 1.82. The molecule has 0 bridgehead atoms. The van der Waals surface area contributed by atoms with Gasteiger partial charge in [0, 0.05) is 15.6 Å². The van der Waals surface area contributed by atoms with Gasteiger partial charge in [-0.05, 0) is 24.3 Å². The monoisotopic (exact) mass is 368 g/mol. The van der Waals surface area contributed by atoms with E-state index in [1.54, 1.807) is 6.20 Å². The normalized spacial score (nSPS) is 10.3. The molecule has 1 aromatic carbocycles. The van der Waals surface area contributed by atoms with Gasteiger partial charge >= 0.3 is 0 Å². The van der Waals surface area contributed by atoms with Gasteiger partial charge in [0.25, 0.3) is 0 Å². The van der Waals surface area contributed by atoms with Gasteiger partial charge in [0.1, 0.15) is 6.54 Å². The van der Waals surface area contributed by atoms with Gasteiger partial charge in [-0.1, -0.05) is 15.9 Å². The largest absolute Gasteiger partial charge is 0.368 e. The Morgan fingerprint density at radius 3 is 2.71 bits per heavy atom. The number of thioether (sulfide) groups is 1. The van der Waals surface area contributed by atoms with Crippen molar-refractivity contribution in [2.45, 2.75) is 11.4 Å². The third-order valence-electron chi connectivity index (χ3n) is 2.42. The molecule has 0 aliphatic carbocycles. The van der Waals surface area contributed by atoms with Crippen molar-refractivity contribution in [3.8, 4) is 0 Å². The summed E-state index contributed by atoms with van der Waals surface area (Å²) in [7, 11) is 0. The van der Waals surface area contributed by atoms with Crippen molar-refractivity contribution in [3.63, 3.8) is 0 Å². The second kappa shape index (κ2) is 7.28. The van der Waals surface area contributed by atoms with Crippen molar-refractivity contribution in [2.75, 3.05) is 11.1 Å². The zero-order valence-electron chi connectivity index (χ0n) is 11.0. The summed E-state index contributed by atoms with van der Waals surface area (Å²) in [6.07, 6.45) is 3.04. The number of carbonyl (C=O) groups is 2. The SMILES string of the molecule is NC(=O)Cn1cc(NC(=O)CSc2ccc(Br)cc2)cn1. The van der Waals surface area contributed by atoms with Gasteiger partial charge in [-0.25, -0.2) is 0 Å². The number of benzene rings is 1. The number of nitrogens with zero attached hydrogens (tertiary/aromatic N) is 2. The first-order valence-electron chi connectivity index (χ1n) is 6.02. The number of hydrogen-bond donors (Lipinski definition) is 2. The predicted octanol–water partition coefficient (Wildman–Crippen LogP) is 1.86. The lowest BCUT2D eigenvalue weighted by atomic mass is 10.4. The minimum atomic E-state index is -0.484. The summed E-state index contributed by atoms with van der Waals surface area (Å²) in [6, 6.07) is 7.72. The third-order valence-corrected chi connectivity index (χ3v) is 3.96. The van der Waals surface area contributed by atoms with E-state index >= 15 is 0 Å². The van der Waals surface area contributed by atoms with Crippen molar-refractivity contribution in [2.24, 2.45) is 5.73 Å². The molecule has 21 heavy (non-hydrogen) atoms. The van der Waals surface area contributed by atoms with Crippen LogP contribution >= 0.6 is 27.7 Å². The standard InChI is InChI=1S/C13H13BrN4O2S/c14-9-1-3-11(4-2-9)21-8-13(20)17-10-5-16-18(6-10)7-12(15)19/h1-6H,7-8H2,(H2,15,19)(H,17,20). The molecule has 8 heteroatoms. The molecule has 0 unspecified atom stereocenters. The summed E-state index contributed by atoms with van der Waals surface area (Å²) in [5, 5.41) is 6.64. The number of anilines is 1. The van der Waals surface area contributed by atoms with Crippen LogP contribution in [-0.2, 0) is 16.1 Å². The van der Waals surface area contributed by atoms with E-state index < -0.39 is 5.91 Å². The zero-order chi connectivity index (χ0) is 15.2. The van der Waals surface area contributed by atoms with Crippen molar-refractivity contribution in [3.05, 3.63) is 41.1 Å². The van der Waals surface area contributed by atoms with Gasteiger partial charge in [0.2, 0.25) is 11.8 Å². The number of nitrogens with two attached hydrogens (primary N) is 1. The smallest absolute Gasteiger partial charge is 0.239 e. The van der Waals surface area contributed by atoms with E-state index in [4.69, 9.17) is 5.73 Å². The molecule has 1 heterocycles. The second-order valence-electron chi connectivity index (χ2n) is 4.18. The molecule has 0 fully saturated rings. The first-order chi connectivity index (χ1) is 10.0. The molecule has 3 N–H and O–H groups in total. The van der Waals surface area contributed by atoms with E-state index in [1.807, 2.05) is 24.3 Å². The Morgan fingerprint density at radius 1 is 1.33 bits per heavy atom. The van der Waals surface area contributed by atoms with Crippen molar-refractivity contribution in [1.82, 2.24) is 9.78 Å². The van der Waals surface area contributed by atoms with Crippen LogP contribution in [0.15, 0.2) is 46.0 Å². The highest BCUT2D eigenvalue weighted by atomic mass is 79.9. The van der Waals surface area contributed by atoms with Gasteiger partial charge in [0.05, 0.1) is 17.6 Å². The summed E-state index contributed by atoms with van der Waals surface area (Å²) in [4.78, 5) is 23.6. The van der Waals surface area contributed by atoms with E-state index in [0.29, 0.717) is 11.4 Å². The molecule has 2 amide bonds. The lowest BCUT2D eigenvalue weighted by Crippen LogP contribution is -2.18. The molecule has 0 saturated heterocycles. The van der Waals surface area contributed by atoms with Gasteiger partial charge < -0.3 is 11.1 Å². The van der Waals surface area contributed by atoms with Crippen LogP contribution in [0.25, 0.3) is 0 Å². The molecular weight excluding hydrogens is 356 g/mol. The topological polar surface area (TPSA) is 90.0 Å². The van der Waals surface area contributed by atoms with Crippen LogP contribution in [0.4, 0.5) is 5.69 Å². The maximum Gasteiger partial charge on any atom is 0.239 e. The fourth-order valence-electron chi connectivity index (χ4n) is 1.55. The molecule has 1 aromatic heterocycles.